The van der Waals surface area contributed by atoms with Gasteiger partial charge in [-0.3, -0.25) is 0 Å². The summed E-state index contributed by atoms with van der Waals surface area (Å²) >= 11 is 0. The van der Waals surface area contributed by atoms with E-state index in [1.807, 2.05) is 51.2 Å². The molecule has 25 heavy (non-hydrogen) atoms. The molecule has 0 bridgehead atoms. The van der Waals surface area contributed by atoms with Crippen molar-refractivity contribution in [2.75, 3.05) is 7.05 Å². The highest BCUT2D eigenvalue weighted by Gasteiger charge is 2.24. The van der Waals surface area contributed by atoms with Gasteiger partial charge in [-0.25, -0.2) is 13.3 Å². The van der Waals surface area contributed by atoms with Crippen molar-refractivity contribution in [2.24, 2.45) is 5.92 Å². The summed E-state index contributed by atoms with van der Waals surface area (Å²) in [5, 5.41) is 0.0758. The van der Waals surface area contributed by atoms with Gasteiger partial charge in [0.25, 0.3) is 0 Å². The zero-order valence-corrected chi connectivity index (χ0v) is 17.4. The average molecular weight is 368 g/mol. The first-order valence-electron chi connectivity index (χ1n) is 9.07. The third-order valence-electron chi connectivity index (χ3n) is 4.02. The summed E-state index contributed by atoms with van der Waals surface area (Å²) in [6, 6.07) is 7.58. The van der Waals surface area contributed by atoms with Crippen molar-refractivity contribution in [3.63, 3.8) is 0 Å². The number of hydrogen-bond acceptors (Lipinski definition) is 3. The summed E-state index contributed by atoms with van der Waals surface area (Å²) in [5.74, 6) is 0.281. The van der Waals surface area contributed by atoms with Gasteiger partial charge in [0, 0.05) is 18.3 Å². The molecule has 0 N–H and O–H groups in total. The molecule has 1 rings (SSSR count). The van der Waals surface area contributed by atoms with Crippen LogP contribution in [0.5, 0.6) is 0 Å². The quantitative estimate of drug-likeness (QED) is 0.593. The maximum Gasteiger partial charge on any atom is 0.338 e. The van der Waals surface area contributed by atoms with E-state index in [1.165, 1.54) is 0 Å². The molecule has 1 aromatic carbocycles. The third-order valence-corrected chi connectivity index (χ3v) is 5.65. The highest BCUT2D eigenvalue weighted by atomic mass is 32.2. The van der Waals surface area contributed by atoms with Crippen LogP contribution in [0.25, 0.3) is 0 Å². The molecule has 142 valence electrons. The van der Waals surface area contributed by atoms with E-state index < -0.39 is 11.0 Å². The molecule has 1 aromatic rings. The van der Waals surface area contributed by atoms with Gasteiger partial charge in [0.2, 0.25) is 0 Å². The molecule has 5 heteroatoms. The Labute approximate surface area is 155 Å². The number of ether oxygens (including phenoxy) is 1. The second-order valence-corrected chi connectivity index (χ2v) is 9.51. The molecule has 4 nitrogen and oxygen atoms in total. The lowest BCUT2D eigenvalue weighted by Crippen LogP contribution is -2.31. The average Bonchev–Trinajstić information content (AvgIpc) is 2.53. The molecule has 0 amide bonds. The molecule has 0 aliphatic carbocycles. The van der Waals surface area contributed by atoms with Crippen molar-refractivity contribution >= 4 is 17.0 Å². The van der Waals surface area contributed by atoms with E-state index in [1.54, 1.807) is 12.1 Å². The molecule has 0 radical (unpaired) electrons. The molecule has 0 heterocycles. The zero-order chi connectivity index (χ0) is 19.1. The fraction of sp³-hybridized carbons (Fsp3) is 0.650. The topological polar surface area (TPSA) is 46.6 Å². The van der Waals surface area contributed by atoms with E-state index in [0.29, 0.717) is 11.5 Å². The molecule has 0 saturated heterocycles. The van der Waals surface area contributed by atoms with Gasteiger partial charge in [-0.15, -0.1) is 0 Å². The minimum Gasteiger partial charge on any atom is -0.459 e. The van der Waals surface area contributed by atoms with Gasteiger partial charge < -0.3 is 4.74 Å². The Bertz CT molecular complexity index is 567. The Morgan fingerprint density at radius 1 is 1.04 bits per heavy atom. The van der Waals surface area contributed by atoms with Crippen molar-refractivity contribution in [3.8, 4) is 0 Å². The molecule has 0 fully saturated rings. The fourth-order valence-electron chi connectivity index (χ4n) is 2.63. The van der Waals surface area contributed by atoms with Gasteiger partial charge in [0.1, 0.15) is 0 Å². The Hall–Kier alpha value is -1.20. The summed E-state index contributed by atoms with van der Waals surface area (Å²) < 4.78 is 19.7. The number of nitrogens with zero attached hydrogens (tertiary/aromatic N) is 1. The van der Waals surface area contributed by atoms with Crippen molar-refractivity contribution in [3.05, 3.63) is 35.4 Å². The Morgan fingerprint density at radius 3 is 2.04 bits per heavy atom. The molecule has 2 atom stereocenters. The number of hydrogen-bond donors (Lipinski definition) is 0. The van der Waals surface area contributed by atoms with Crippen LogP contribution in [0.2, 0.25) is 0 Å². The molecular weight excluding hydrogens is 334 g/mol. The molecule has 0 aliphatic rings. The van der Waals surface area contributed by atoms with Crippen LogP contribution < -0.4 is 0 Å². The first-order chi connectivity index (χ1) is 11.6. The fourth-order valence-corrected chi connectivity index (χ4v) is 3.77. The third kappa shape index (κ3) is 6.90. The van der Waals surface area contributed by atoms with Gasteiger partial charge in [0.05, 0.1) is 22.7 Å². The number of carbonyl (C=O) groups is 1. The van der Waals surface area contributed by atoms with Crippen molar-refractivity contribution in [2.45, 2.75) is 71.8 Å². The largest absolute Gasteiger partial charge is 0.459 e. The summed E-state index contributed by atoms with van der Waals surface area (Å²) in [7, 11) is 0.877. The van der Waals surface area contributed by atoms with Crippen LogP contribution >= 0.6 is 0 Å². The summed E-state index contributed by atoms with van der Waals surface area (Å²) in [6.45, 7) is 12.0. The second kappa shape index (κ2) is 10.1. The van der Waals surface area contributed by atoms with E-state index in [-0.39, 0.29) is 23.4 Å². The smallest absolute Gasteiger partial charge is 0.338 e. The number of rotatable bonds is 9. The van der Waals surface area contributed by atoms with Gasteiger partial charge in [-0.1, -0.05) is 26.0 Å². The predicted molar refractivity (Wildman–Crippen MR) is 105 cm³/mol. The number of carbonyl (C=O) groups excluding carboxylic acids is 1. The molecular formula is C20H33NO3S. The van der Waals surface area contributed by atoms with E-state index >= 15 is 0 Å². The first kappa shape index (κ1) is 21.8. The Kier molecular flexibility index (Phi) is 8.80. The van der Waals surface area contributed by atoms with Crippen molar-refractivity contribution in [1.29, 1.82) is 0 Å². The summed E-state index contributed by atoms with van der Waals surface area (Å²) in [4.78, 5) is 12.0. The van der Waals surface area contributed by atoms with Crippen LogP contribution in [-0.4, -0.2) is 32.9 Å². The molecule has 0 aromatic heterocycles. The van der Waals surface area contributed by atoms with E-state index in [2.05, 4.69) is 13.8 Å². The highest BCUT2D eigenvalue weighted by Crippen LogP contribution is 2.29. The lowest BCUT2D eigenvalue weighted by atomic mass is 9.97. The highest BCUT2D eigenvalue weighted by molar-refractivity contribution is 7.83. The normalized spacial score (nSPS) is 14.4. The maximum atomic E-state index is 12.6. The van der Waals surface area contributed by atoms with Gasteiger partial charge >= 0.3 is 5.97 Å². The van der Waals surface area contributed by atoms with Crippen molar-refractivity contribution < 1.29 is 13.7 Å². The Morgan fingerprint density at radius 2 is 1.60 bits per heavy atom. The van der Waals surface area contributed by atoms with Gasteiger partial charge in [-0.2, -0.15) is 0 Å². The van der Waals surface area contributed by atoms with Crippen LogP contribution in [0.3, 0.4) is 0 Å². The molecule has 0 spiro atoms. The van der Waals surface area contributed by atoms with E-state index in [0.717, 1.165) is 18.4 Å². The van der Waals surface area contributed by atoms with Gasteiger partial charge in [0.15, 0.2) is 0 Å². The van der Waals surface area contributed by atoms with E-state index in [4.69, 9.17) is 4.74 Å². The standard InChI is InChI=1S/C20H33NO3S/c1-14(2)8-13-19(21(7)25(23)16(5)6)17-9-11-18(12-10-17)20(22)24-15(3)4/h9-12,14-16,19H,8,13H2,1-7H3. The van der Waals surface area contributed by atoms with Crippen LogP contribution in [0.4, 0.5) is 0 Å². The number of esters is 1. The zero-order valence-electron chi connectivity index (χ0n) is 16.6. The summed E-state index contributed by atoms with van der Waals surface area (Å²) in [6.07, 6.45) is 1.86. The lowest BCUT2D eigenvalue weighted by molar-refractivity contribution is 0.0378. The van der Waals surface area contributed by atoms with Crippen LogP contribution in [-0.2, 0) is 15.7 Å². The number of benzene rings is 1. The van der Waals surface area contributed by atoms with Gasteiger partial charge in [-0.05, 0) is 64.2 Å². The van der Waals surface area contributed by atoms with Crippen LogP contribution in [0, 0.1) is 5.92 Å². The maximum absolute atomic E-state index is 12.6. The minimum absolute atomic E-state index is 0.0702. The van der Waals surface area contributed by atoms with Crippen LogP contribution in [0.1, 0.15) is 76.3 Å². The van der Waals surface area contributed by atoms with E-state index in [9.17, 15) is 9.00 Å². The SMILES string of the molecule is CC(C)CCC(c1ccc(C(=O)OC(C)C)cc1)N(C)S(=O)C(C)C. The Balaban J connectivity index is 3.01. The van der Waals surface area contributed by atoms with Crippen LogP contribution in [0.15, 0.2) is 24.3 Å². The molecule has 2 unspecified atom stereocenters. The lowest BCUT2D eigenvalue weighted by Gasteiger charge is -2.29. The second-order valence-electron chi connectivity index (χ2n) is 7.43. The first-order valence-corrected chi connectivity index (χ1v) is 10.2. The summed E-state index contributed by atoms with van der Waals surface area (Å²) in [5.41, 5.74) is 1.63. The van der Waals surface area contributed by atoms with Crippen molar-refractivity contribution in [1.82, 2.24) is 4.31 Å². The minimum atomic E-state index is -1.04. The predicted octanol–water partition coefficient (Wildman–Crippen LogP) is 4.73. The molecule has 0 saturated carbocycles. The molecule has 0 aliphatic heterocycles. The monoisotopic (exact) mass is 367 g/mol.